The fourth-order valence-corrected chi connectivity index (χ4v) is 6.58. The Morgan fingerprint density at radius 1 is 1.00 bits per heavy atom. The number of hydrogen-bond acceptors (Lipinski definition) is 6. The maximum atomic E-state index is 14.0. The van der Waals surface area contributed by atoms with Crippen LogP contribution in [-0.2, 0) is 24.9 Å². The SMILES string of the molecule is Cn1ccc2c(=O)n(CC3(O)CCN(C(=O)[C@@H]4CCN(C(=O)c5ccc(CN)cc5)C[C@H]4c4ccccc4)CC3)cnc21. The fraction of sp³-hybridized carbons (Fsp3) is 0.394. The minimum absolute atomic E-state index is 0.0446. The Bertz CT molecular complexity index is 1670. The van der Waals surface area contributed by atoms with Crippen molar-refractivity contribution < 1.29 is 14.7 Å². The second kappa shape index (κ2) is 11.8. The molecule has 4 aromatic rings. The number of benzene rings is 2. The number of aryl methyl sites for hydroxylation is 1. The van der Waals surface area contributed by atoms with E-state index in [9.17, 15) is 19.5 Å². The molecule has 0 unspecified atom stereocenters. The second-order valence-corrected chi connectivity index (χ2v) is 12.0. The van der Waals surface area contributed by atoms with Crippen molar-refractivity contribution in [1.29, 1.82) is 0 Å². The third-order valence-electron chi connectivity index (χ3n) is 9.20. The fourth-order valence-electron chi connectivity index (χ4n) is 6.58. The van der Waals surface area contributed by atoms with Crippen LogP contribution in [0.25, 0.3) is 11.0 Å². The lowest BCUT2D eigenvalue weighted by Crippen LogP contribution is -2.53. The van der Waals surface area contributed by atoms with Gasteiger partial charge in [0.2, 0.25) is 5.91 Å². The zero-order valence-electron chi connectivity index (χ0n) is 24.4. The third kappa shape index (κ3) is 5.72. The van der Waals surface area contributed by atoms with E-state index in [0.717, 1.165) is 11.1 Å². The van der Waals surface area contributed by atoms with E-state index in [1.165, 1.54) is 10.9 Å². The number of rotatable bonds is 6. The molecule has 4 heterocycles. The number of nitrogens with zero attached hydrogens (tertiary/aromatic N) is 5. The summed E-state index contributed by atoms with van der Waals surface area (Å²) < 4.78 is 3.27. The van der Waals surface area contributed by atoms with Crippen LogP contribution in [0.1, 0.15) is 46.7 Å². The van der Waals surface area contributed by atoms with Crippen LogP contribution in [0.4, 0.5) is 0 Å². The number of aliphatic hydroxyl groups is 1. The molecular formula is C33H38N6O4. The van der Waals surface area contributed by atoms with Crippen LogP contribution >= 0.6 is 0 Å². The van der Waals surface area contributed by atoms with Crippen LogP contribution in [0.5, 0.6) is 0 Å². The minimum atomic E-state index is -1.11. The highest BCUT2D eigenvalue weighted by Gasteiger charge is 2.41. The van der Waals surface area contributed by atoms with Gasteiger partial charge in [0.15, 0.2) is 0 Å². The Hall–Kier alpha value is -4.28. The van der Waals surface area contributed by atoms with E-state index in [1.54, 1.807) is 16.8 Å². The predicted molar refractivity (Wildman–Crippen MR) is 163 cm³/mol. The molecule has 0 bridgehead atoms. The summed E-state index contributed by atoms with van der Waals surface area (Å²) in [7, 11) is 1.84. The lowest BCUT2D eigenvalue weighted by Gasteiger charge is -2.43. The number of fused-ring (bicyclic) bond motifs is 1. The molecule has 2 saturated heterocycles. The quantitative estimate of drug-likeness (QED) is 0.360. The normalized spacial score (nSPS) is 20.3. The van der Waals surface area contributed by atoms with Gasteiger partial charge in [0.05, 0.1) is 17.5 Å². The van der Waals surface area contributed by atoms with Gasteiger partial charge in [-0.2, -0.15) is 0 Å². The standard InChI is InChI=1S/C33H38N6O4/c1-36-15-11-27-29(36)35-22-39(32(27)42)21-33(43)13-17-37(18-14-33)31(41)26-12-16-38(20-28(26)24-5-3-2-4-6-24)30(40)25-9-7-23(19-34)8-10-25/h2-11,15,22,26,28,43H,12-14,16-21,34H2,1H3/t26-,28+/m1/s1. The second-order valence-electron chi connectivity index (χ2n) is 12.0. The van der Waals surface area contributed by atoms with Crippen LogP contribution in [0, 0.1) is 5.92 Å². The Morgan fingerprint density at radius 3 is 2.42 bits per heavy atom. The van der Waals surface area contributed by atoms with Crippen molar-refractivity contribution in [3.63, 3.8) is 0 Å². The van der Waals surface area contributed by atoms with Crippen LogP contribution in [0.3, 0.4) is 0 Å². The molecule has 2 aromatic heterocycles. The van der Waals surface area contributed by atoms with Crippen molar-refractivity contribution in [2.24, 2.45) is 18.7 Å². The molecule has 224 valence electrons. The zero-order valence-corrected chi connectivity index (χ0v) is 24.4. The number of hydrogen-bond donors (Lipinski definition) is 2. The van der Waals surface area contributed by atoms with E-state index in [4.69, 9.17) is 5.73 Å². The lowest BCUT2D eigenvalue weighted by atomic mass is 9.79. The van der Waals surface area contributed by atoms with Gasteiger partial charge in [0, 0.05) is 63.4 Å². The molecule has 6 rings (SSSR count). The highest BCUT2D eigenvalue weighted by molar-refractivity contribution is 5.94. The number of carbonyl (C=O) groups excluding carboxylic acids is 2. The smallest absolute Gasteiger partial charge is 0.262 e. The number of nitrogens with two attached hydrogens (primary N) is 1. The highest BCUT2D eigenvalue weighted by atomic mass is 16.3. The molecule has 0 radical (unpaired) electrons. The third-order valence-corrected chi connectivity index (χ3v) is 9.20. The summed E-state index contributed by atoms with van der Waals surface area (Å²) in [6.07, 6.45) is 4.58. The molecule has 0 spiro atoms. The molecule has 2 aliphatic rings. The Morgan fingerprint density at radius 2 is 1.72 bits per heavy atom. The molecule has 10 nitrogen and oxygen atoms in total. The maximum absolute atomic E-state index is 14.0. The van der Waals surface area contributed by atoms with Crippen LogP contribution in [0.15, 0.2) is 78.0 Å². The first-order valence-electron chi connectivity index (χ1n) is 14.9. The number of aromatic nitrogens is 3. The molecule has 2 amide bonds. The Kier molecular flexibility index (Phi) is 7.89. The number of amides is 2. The van der Waals surface area contributed by atoms with Gasteiger partial charge in [-0.05, 0) is 48.6 Å². The van der Waals surface area contributed by atoms with E-state index in [0.29, 0.717) is 68.6 Å². The summed E-state index contributed by atoms with van der Waals surface area (Å²) >= 11 is 0. The average molecular weight is 583 g/mol. The number of carbonyl (C=O) groups is 2. The lowest BCUT2D eigenvalue weighted by molar-refractivity contribution is -0.142. The minimum Gasteiger partial charge on any atom is -0.388 e. The summed E-state index contributed by atoms with van der Waals surface area (Å²) in [5.41, 5.74) is 7.66. The Labute approximate surface area is 250 Å². The average Bonchev–Trinajstić information content (AvgIpc) is 3.43. The molecule has 10 heteroatoms. The van der Waals surface area contributed by atoms with E-state index in [1.807, 2.05) is 71.4 Å². The first-order valence-corrected chi connectivity index (χ1v) is 14.9. The predicted octanol–water partition coefficient (Wildman–Crippen LogP) is 2.49. The molecule has 2 atom stereocenters. The van der Waals surface area contributed by atoms with Crippen molar-refractivity contribution in [1.82, 2.24) is 23.9 Å². The van der Waals surface area contributed by atoms with Crippen LogP contribution in [0.2, 0.25) is 0 Å². The molecular weight excluding hydrogens is 544 g/mol. The van der Waals surface area contributed by atoms with Gasteiger partial charge in [-0.3, -0.25) is 19.0 Å². The van der Waals surface area contributed by atoms with Gasteiger partial charge in [-0.15, -0.1) is 0 Å². The monoisotopic (exact) mass is 582 g/mol. The van der Waals surface area contributed by atoms with Crippen LogP contribution in [-0.4, -0.2) is 72.6 Å². The molecule has 0 aliphatic carbocycles. The maximum Gasteiger partial charge on any atom is 0.262 e. The molecule has 43 heavy (non-hydrogen) atoms. The van der Waals surface area contributed by atoms with E-state index in [2.05, 4.69) is 4.98 Å². The van der Waals surface area contributed by atoms with Crippen LogP contribution < -0.4 is 11.3 Å². The van der Waals surface area contributed by atoms with Crippen molar-refractivity contribution in [3.05, 3.63) is 100 Å². The molecule has 3 N–H and O–H groups in total. The van der Waals surface area contributed by atoms with E-state index >= 15 is 0 Å². The van der Waals surface area contributed by atoms with Gasteiger partial charge in [0.25, 0.3) is 11.5 Å². The number of piperidine rings is 2. The van der Waals surface area contributed by atoms with Crippen molar-refractivity contribution in [2.75, 3.05) is 26.2 Å². The number of likely N-dealkylation sites (tertiary alicyclic amines) is 2. The molecule has 2 fully saturated rings. The van der Waals surface area contributed by atoms with Gasteiger partial charge in [-0.25, -0.2) is 4.98 Å². The first kappa shape index (κ1) is 28.8. The summed E-state index contributed by atoms with van der Waals surface area (Å²) in [6, 6.07) is 19.1. The largest absolute Gasteiger partial charge is 0.388 e. The van der Waals surface area contributed by atoms with Gasteiger partial charge >= 0.3 is 0 Å². The van der Waals surface area contributed by atoms with Gasteiger partial charge in [-0.1, -0.05) is 42.5 Å². The van der Waals surface area contributed by atoms with Crippen molar-refractivity contribution in [2.45, 2.75) is 43.9 Å². The Balaban J connectivity index is 1.15. The van der Waals surface area contributed by atoms with Gasteiger partial charge < -0.3 is 25.2 Å². The summed E-state index contributed by atoms with van der Waals surface area (Å²) in [5, 5.41) is 11.9. The molecule has 0 saturated carbocycles. The van der Waals surface area contributed by atoms with Crippen molar-refractivity contribution >= 4 is 22.8 Å². The summed E-state index contributed by atoms with van der Waals surface area (Å²) in [6.45, 7) is 2.30. The highest BCUT2D eigenvalue weighted by Crippen LogP contribution is 2.36. The van der Waals surface area contributed by atoms with E-state index in [-0.39, 0.29) is 35.8 Å². The zero-order chi connectivity index (χ0) is 30.1. The summed E-state index contributed by atoms with van der Waals surface area (Å²) in [4.78, 5) is 48.5. The van der Waals surface area contributed by atoms with Gasteiger partial charge in [0.1, 0.15) is 12.0 Å². The molecule has 2 aliphatic heterocycles. The van der Waals surface area contributed by atoms with Crippen molar-refractivity contribution in [3.8, 4) is 0 Å². The topological polar surface area (TPSA) is 127 Å². The first-order chi connectivity index (χ1) is 20.8. The summed E-state index contributed by atoms with van der Waals surface area (Å²) in [5.74, 6) is -0.404. The molecule has 2 aromatic carbocycles. The van der Waals surface area contributed by atoms with E-state index < -0.39 is 5.60 Å².